The lowest BCUT2D eigenvalue weighted by Crippen LogP contribution is -2.12. The van der Waals surface area contributed by atoms with Crippen LogP contribution < -0.4 is 5.32 Å². The van der Waals surface area contributed by atoms with Gasteiger partial charge in [-0.05, 0) is 31.5 Å². The first-order valence-corrected chi connectivity index (χ1v) is 6.28. The molecular formula is C14H13F4N3. The van der Waals surface area contributed by atoms with Gasteiger partial charge in [-0.3, -0.25) is 0 Å². The number of alkyl halides is 3. The van der Waals surface area contributed by atoms with E-state index in [1.54, 1.807) is 13.8 Å². The van der Waals surface area contributed by atoms with Gasteiger partial charge in [0.2, 0.25) is 5.95 Å². The molecule has 0 unspecified atom stereocenters. The first-order chi connectivity index (χ1) is 9.81. The molecule has 0 atom stereocenters. The van der Waals surface area contributed by atoms with E-state index in [0.29, 0.717) is 12.1 Å². The summed E-state index contributed by atoms with van der Waals surface area (Å²) in [5.41, 5.74) is -0.363. The van der Waals surface area contributed by atoms with Crippen LogP contribution in [-0.4, -0.2) is 16.5 Å². The molecule has 7 heteroatoms. The third kappa shape index (κ3) is 3.48. The Morgan fingerprint density at radius 1 is 1.14 bits per heavy atom. The van der Waals surface area contributed by atoms with Crippen molar-refractivity contribution >= 4 is 5.95 Å². The Morgan fingerprint density at radius 3 is 2.43 bits per heavy atom. The molecule has 0 amide bonds. The molecule has 0 aliphatic heterocycles. The van der Waals surface area contributed by atoms with Crippen molar-refractivity contribution in [1.82, 2.24) is 9.97 Å². The van der Waals surface area contributed by atoms with Crippen LogP contribution in [0.2, 0.25) is 0 Å². The minimum absolute atomic E-state index is 0.0205. The fraction of sp³-hybridized carbons (Fsp3) is 0.286. The van der Waals surface area contributed by atoms with Gasteiger partial charge in [-0.25, -0.2) is 14.4 Å². The monoisotopic (exact) mass is 299 g/mol. The topological polar surface area (TPSA) is 37.8 Å². The number of benzene rings is 1. The molecule has 0 spiro atoms. The predicted molar refractivity (Wildman–Crippen MR) is 71.3 cm³/mol. The summed E-state index contributed by atoms with van der Waals surface area (Å²) in [6.07, 6.45) is -4.59. The van der Waals surface area contributed by atoms with E-state index in [0.717, 1.165) is 12.1 Å². The highest BCUT2D eigenvalue weighted by atomic mass is 19.4. The molecule has 0 radical (unpaired) electrons. The quantitative estimate of drug-likeness (QED) is 0.869. The molecule has 1 heterocycles. The van der Waals surface area contributed by atoms with E-state index < -0.39 is 17.7 Å². The molecule has 112 valence electrons. The molecule has 1 aromatic carbocycles. The van der Waals surface area contributed by atoms with Crippen LogP contribution in [0, 0.1) is 12.7 Å². The highest BCUT2D eigenvalue weighted by Gasteiger charge is 2.33. The summed E-state index contributed by atoms with van der Waals surface area (Å²) in [5, 5.41) is 2.64. The van der Waals surface area contributed by atoms with Gasteiger partial charge in [0.15, 0.2) is 5.69 Å². The molecule has 1 aromatic heterocycles. The Bertz CT molecular complexity index is 653. The van der Waals surface area contributed by atoms with E-state index in [1.807, 2.05) is 0 Å². The van der Waals surface area contributed by atoms with Crippen LogP contribution in [0.25, 0.3) is 11.3 Å². The number of aryl methyl sites for hydroxylation is 1. The van der Waals surface area contributed by atoms with Crippen LogP contribution in [0.1, 0.15) is 18.2 Å². The zero-order valence-corrected chi connectivity index (χ0v) is 11.4. The lowest BCUT2D eigenvalue weighted by Gasteiger charge is -2.11. The van der Waals surface area contributed by atoms with Crippen molar-refractivity contribution in [3.63, 3.8) is 0 Å². The van der Waals surface area contributed by atoms with Gasteiger partial charge in [0.1, 0.15) is 5.82 Å². The van der Waals surface area contributed by atoms with Gasteiger partial charge >= 0.3 is 6.18 Å². The van der Waals surface area contributed by atoms with Crippen molar-refractivity contribution in [2.24, 2.45) is 0 Å². The third-order valence-electron chi connectivity index (χ3n) is 2.82. The fourth-order valence-corrected chi connectivity index (χ4v) is 1.73. The molecule has 2 rings (SSSR count). The standard InChI is InChI=1S/C14H13F4N3/c1-3-19-13-20-11(7-12(21-13)14(16,17)18)9-5-4-8(2)10(15)6-9/h4-7H,3H2,1-2H3,(H,19,20,21). The average molecular weight is 299 g/mol. The third-order valence-corrected chi connectivity index (χ3v) is 2.82. The maximum Gasteiger partial charge on any atom is 0.433 e. The Hall–Kier alpha value is -2.18. The minimum Gasteiger partial charge on any atom is -0.354 e. The highest BCUT2D eigenvalue weighted by molar-refractivity contribution is 5.61. The minimum atomic E-state index is -4.59. The first-order valence-electron chi connectivity index (χ1n) is 6.28. The van der Waals surface area contributed by atoms with Gasteiger partial charge in [0.25, 0.3) is 0 Å². The molecule has 2 aromatic rings. The van der Waals surface area contributed by atoms with Gasteiger partial charge in [0.05, 0.1) is 5.69 Å². The number of aromatic nitrogens is 2. The summed E-state index contributed by atoms with van der Waals surface area (Å²) in [7, 11) is 0. The summed E-state index contributed by atoms with van der Waals surface area (Å²) in [4.78, 5) is 7.41. The van der Waals surface area contributed by atoms with Crippen molar-refractivity contribution in [3.05, 3.63) is 41.3 Å². The second-order valence-electron chi connectivity index (χ2n) is 4.45. The highest BCUT2D eigenvalue weighted by Crippen LogP contribution is 2.31. The molecule has 3 nitrogen and oxygen atoms in total. The van der Waals surface area contributed by atoms with Crippen molar-refractivity contribution in [2.75, 3.05) is 11.9 Å². The lowest BCUT2D eigenvalue weighted by molar-refractivity contribution is -0.141. The first kappa shape index (κ1) is 15.2. The van der Waals surface area contributed by atoms with E-state index >= 15 is 0 Å². The zero-order chi connectivity index (χ0) is 15.6. The van der Waals surface area contributed by atoms with Gasteiger partial charge < -0.3 is 5.32 Å². The van der Waals surface area contributed by atoms with Crippen molar-refractivity contribution in [3.8, 4) is 11.3 Å². The van der Waals surface area contributed by atoms with E-state index in [-0.39, 0.29) is 17.2 Å². The molecule has 0 bridgehead atoms. The Kier molecular flexibility index (Phi) is 4.11. The van der Waals surface area contributed by atoms with Crippen LogP contribution in [0.15, 0.2) is 24.3 Å². The molecule has 21 heavy (non-hydrogen) atoms. The van der Waals surface area contributed by atoms with Crippen molar-refractivity contribution in [1.29, 1.82) is 0 Å². The number of nitrogens with one attached hydrogen (secondary N) is 1. The normalized spacial score (nSPS) is 11.5. The fourth-order valence-electron chi connectivity index (χ4n) is 1.73. The molecule has 0 saturated heterocycles. The molecular weight excluding hydrogens is 286 g/mol. The summed E-state index contributed by atoms with van der Waals surface area (Å²) >= 11 is 0. The Morgan fingerprint density at radius 2 is 1.86 bits per heavy atom. The summed E-state index contributed by atoms with van der Waals surface area (Å²) in [5.74, 6) is -0.632. The van der Waals surface area contributed by atoms with Crippen molar-refractivity contribution in [2.45, 2.75) is 20.0 Å². The van der Waals surface area contributed by atoms with Crippen LogP contribution in [-0.2, 0) is 6.18 Å². The zero-order valence-electron chi connectivity index (χ0n) is 11.4. The molecule has 0 saturated carbocycles. The van der Waals surface area contributed by atoms with Crippen LogP contribution >= 0.6 is 0 Å². The number of hydrogen-bond donors (Lipinski definition) is 1. The second-order valence-corrected chi connectivity index (χ2v) is 4.45. The largest absolute Gasteiger partial charge is 0.433 e. The van der Waals surface area contributed by atoms with Crippen LogP contribution in [0.4, 0.5) is 23.5 Å². The van der Waals surface area contributed by atoms with Crippen LogP contribution in [0.3, 0.4) is 0 Å². The number of rotatable bonds is 3. The number of halogens is 4. The van der Waals surface area contributed by atoms with Gasteiger partial charge in [-0.2, -0.15) is 13.2 Å². The summed E-state index contributed by atoms with van der Waals surface area (Å²) in [6.45, 7) is 3.67. The molecule has 0 aliphatic carbocycles. The summed E-state index contributed by atoms with van der Waals surface area (Å²) in [6, 6.07) is 4.99. The van der Waals surface area contributed by atoms with Crippen molar-refractivity contribution < 1.29 is 17.6 Å². The molecule has 1 N–H and O–H groups in total. The molecule has 0 fully saturated rings. The van der Waals surface area contributed by atoms with Crippen LogP contribution in [0.5, 0.6) is 0 Å². The van der Waals surface area contributed by atoms with Gasteiger partial charge in [-0.15, -0.1) is 0 Å². The predicted octanol–water partition coefficient (Wildman–Crippen LogP) is 4.04. The Labute approximate surface area is 119 Å². The number of nitrogens with zero attached hydrogens (tertiary/aromatic N) is 2. The number of anilines is 1. The lowest BCUT2D eigenvalue weighted by atomic mass is 10.1. The SMILES string of the molecule is CCNc1nc(-c2ccc(C)c(F)c2)cc(C(F)(F)F)n1. The van der Waals surface area contributed by atoms with E-state index in [2.05, 4.69) is 15.3 Å². The van der Waals surface area contributed by atoms with E-state index in [9.17, 15) is 17.6 Å². The average Bonchev–Trinajstić information content (AvgIpc) is 2.41. The Balaban J connectivity index is 2.56. The molecule has 0 aliphatic rings. The second kappa shape index (κ2) is 5.67. The van der Waals surface area contributed by atoms with Gasteiger partial charge in [0, 0.05) is 12.1 Å². The van der Waals surface area contributed by atoms with E-state index in [1.165, 1.54) is 12.1 Å². The maximum absolute atomic E-state index is 13.6. The number of hydrogen-bond acceptors (Lipinski definition) is 3. The van der Waals surface area contributed by atoms with Gasteiger partial charge in [-0.1, -0.05) is 12.1 Å². The maximum atomic E-state index is 13.6. The summed E-state index contributed by atoms with van der Waals surface area (Å²) < 4.78 is 52.1. The smallest absolute Gasteiger partial charge is 0.354 e. The van der Waals surface area contributed by atoms with E-state index in [4.69, 9.17) is 0 Å².